The number of rotatable bonds is 7. The third-order valence-corrected chi connectivity index (χ3v) is 5.82. The normalized spacial score (nSPS) is 11.6. The van der Waals surface area contributed by atoms with Crippen LogP contribution in [0.4, 0.5) is 4.39 Å². The van der Waals surface area contributed by atoms with Crippen molar-refractivity contribution < 1.29 is 26.8 Å². The third-order valence-electron chi connectivity index (χ3n) is 4.00. The zero-order valence-corrected chi connectivity index (χ0v) is 16.2. The summed E-state index contributed by atoms with van der Waals surface area (Å²) in [6.45, 7) is -0.148. The Morgan fingerprint density at radius 2 is 1.82 bits per heavy atom. The van der Waals surface area contributed by atoms with Gasteiger partial charge in [-0.3, -0.25) is 0 Å². The largest absolute Gasteiger partial charge is 0.497 e. The van der Waals surface area contributed by atoms with Crippen LogP contribution in [0, 0.1) is 5.82 Å². The maximum absolute atomic E-state index is 13.0. The lowest BCUT2D eigenvalue weighted by atomic mass is 10.2. The summed E-state index contributed by atoms with van der Waals surface area (Å²) in [5, 5.41) is 3.89. The monoisotopic (exact) mass is 407 g/mol. The predicted molar refractivity (Wildman–Crippen MR) is 97.9 cm³/mol. The Balaban J connectivity index is 1.82. The molecule has 0 fully saturated rings. The van der Waals surface area contributed by atoms with Gasteiger partial charge >= 0.3 is 0 Å². The third kappa shape index (κ3) is 3.97. The highest BCUT2D eigenvalue weighted by Gasteiger charge is 2.24. The van der Waals surface area contributed by atoms with Gasteiger partial charge in [-0.25, -0.2) is 12.8 Å². The number of hydrogen-bond acceptors (Lipinski definition) is 7. The van der Waals surface area contributed by atoms with E-state index >= 15 is 0 Å². The van der Waals surface area contributed by atoms with E-state index in [2.05, 4.69) is 10.1 Å². The van der Waals surface area contributed by atoms with E-state index in [1.54, 1.807) is 18.2 Å². The van der Waals surface area contributed by atoms with Crippen LogP contribution in [-0.2, 0) is 16.6 Å². The first-order valence-electron chi connectivity index (χ1n) is 8.12. The van der Waals surface area contributed by atoms with E-state index in [0.29, 0.717) is 17.1 Å². The summed E-state index contributed by atoms with van der Waals surface area (Å²) in [6, 6.07) is 9.68. The molecule has 0 saturated carbocycles. The second kappa shape index (κ2) is 7.95. The lowest BCUT2D eigenvalue weighted by Crippen LogP contribution is -2.26. The number of hydrogen-bond donors (Lipinski definition) is 0. The number of sulfonamides is 1. The van der Waals surface area contributed by atoms with E-state index in [1.165, 1.54) is 33.4 Å². The molecule has 0 aliphatic rings. The molecule has 0 atom stereocenters. The summed E-state index contributed by atoms with van der Waals surface area (Å²) in [5.41, 5.74) is 0.572. The highest BCUT2D eigenvalue weighted by molar-refractivity contribution is 7.89. The fourth-order valence-electron chi connectivity index (χ4n) is 2.47. The fraction of sp³-hybridized carbons (Fsp3) is 0.222. The molecule has 1 aromatic heterocycles. The molecule has 148 valence electrons. The van der Waals surface area contributed by atoms with Crippen LogP contribution in [0.3, 0.4) is 0 Å². The van der Waals surface area contributed by atoms with Gasteiger partial charge in [0.1, 0.15) is 17.3 Å². The van der Waals surface area contributed by atoms with Crippen molar-refractivity contribution in [3.8, 4) is 22.9 Å². The van der Waals surface area contributed by atoms with E-state index < -0.39 is 15.8 Å². The first kappa shape index (κ1) is 19.8. The van der Waals surface area contributed by atoms with Crippen molar-refractivity contribution in [3.63, 3.8) is 0 Å². The van der Waals surface area contributed by atoms with Crippen molar-refractivity contribution in [2.24, 2.45) is 0 Å². The van der Waals surface area contributed by atoms with Crippen molar-refractivity contribution in [3.05, 3.63) is 54.2 Å². The van der Waals surface area contributed by atoms with Crippen LogP contribution in [0.5, 0.6) is 11.5 Å². The molecule has 0 amide bonds. The molecule has 0 spiro atoms. The van der Waals surface area contributed by atoms with Crippen LogP contribution < -0.4 is 9.47 Å². The first-order valence-corrected chi connectivity index (χ1v) is 9.56. The summed E-state index contributed by atoms with van der Waals surface area (Å²) >= 11 is 0. The molecule has 2 aromatic carbocycles. The Morgan fingerprint density at radius 3 is 2.46 bits per heavy atom. The molecule has 3 rings (SSSR count). The summed E-state index contributed by atoms with van der Waals surface area (Å²) in [7, 11) is 0.580. The molecule has 0 aliphatic carbocycles. The summed E-state index contributed by atoms with van der Waals surface area (Å²) in [4.78, 5) is 4.21. The van der Waals surface area contributed by atoms with Gasteiger partial charge in [-0.2, -0.15) is 9.29 Å². The molecule has 8 nitrogen and oxygen atoms in total. The lowest BCUT2D eigenvalue weighted by molar-refractivity contribution is 0.336. The topological polar surface area (TPSA) is 94.8 Å². The van der Waals surface area contributed by atoms with E-state index in [4.69, 9.17) is 14.0 Å². The zero-order valence-electron chi connectivity index (χ0n) is 15.4. The van der Waals surface area contributed by atoms with Gasteiger partial charge in [0.2, 0.25) is 21.7 Å². The minimum atomic E-state index is -3.83. The molecule has 0 unspecified atom stereocenters. The predicted octanol–water partition coefficient (Wildman–Crippen LogP) is 2.71. The molecular formula is C18H18FN3O5S. The molecular weight excluding hydrogens is 389 g/mol. The van der Waals surface area contributed by atoms with Gasteiger partial charge in [0, 0.05) is 13.1 Å². The van der Waals surface area contributed by atoms with Gasteiger partial charge in [-0.05, 0) is 36.4 Å². The number of halogens is 1. The van der Waals surface area contributed by atoms with Gasteiger partial charge in [0.05, 0.1) is 31.2 Å². The standard InChI is InChI=1S/C18H18FN3O5S/c1-22(28(23,24)14-7-4-12(19)5-8-14)11-17-20-18(21-27-17)15-9-6-13(25-2)10-16(15)26-3/h4-10H,11H2,1-3H3. The highest BCUT2D eigenvalue weighted by atomic mass is 32.2. The van der Waals surface area contributed by atoms with Crippen molar-refractivity contribution in [1.29, 1.82) is 0 Å². The number of methoxy groups -OCH3 is 2. The highest BCUT2D eigenvalue weighted by Crippen LogP contribution is 2.31. The molecule has 0 bridgehead atoms. The Morgan fingerprint density at radius 1 is 1.11 bits per heavy atom. The van der Waals surface area contributed by atoms with Crippen molar-refractivity contribution in [2.75, 3.05) is 21.3 Å². The van der Waals surface area contributed by atoms with Gasteiger partial charge in [-0.1, -0.05) is 5.16 Å². The van der Waals surface area contributed by atoms with E-state index in [9.17, 15) is 12.8 Å². The van der Waals surface area contributed by atoms with Crippen LogP contribution in [0.25, 0.3) is 11.4 Å². The average molecular weight is 407 g/mol. The molecule has 28 heavy (non-hydrogen) atoms. The minimum Gasteiger partial charge on any atom is -0.497 e. The quantitative estimate of drug-likeness (QED) is 0.594. The Kier molecular flexibility index (Phi) is 5.61. The molecule has 3 aromatic rings. The molecule has 0 aliphatic heterocycles. The van der Waals surface area contributed by atoms with E-state index in [-0.39, 0.29) is 23.2 Å². The molecule has 0 N–H and O–H groups in total. The van der Waals surface area contributed by atoms with E-state index in [1.807, 2.05) is 0 Å². The van der Waals surface area contributed by atoms with E-state index in [0.717, 1.165) is 16.4 Å². The smallest absolute Gasteiger partial charge is 0.243 e. The fourth-order valence-corrected chi connectivity index (χ4v) is 3.59. The van der Waals surface area contributed by atoms with Crippen LogP contribution in [-0.4, -0.2) is 44.1 Å². The molecule has 1 heterocycles. The number of benzene rings is 2. The van der Waals surface area contributed by atoms with Crippen molar-refractivity contribution in [2.45, 2.75) is 11.4 Å². The number of nitrogens with zero attached hydrogens (tertiary/aromatic N) is 3. The number of ether oxygens (including phenoxy) is 2. The Hall–Kier alpha value is -2.98. The minimum absolute atomic E-state index is 0.0343. The maximum atomic E-state index is 13.0. The van der Waals surface area contributed by atoms with Gasteiger partial charge < -0.3 is 14.0 Å². The molecule has 10 heteroatoms. The second-order valence-corrected chi connectivity index (χ2v) is 7.84. The van der Waals surface area contributed by atoms with Gasteiger partial charge in [0.15, 0.2) is 0 Å². The van der Waals surface area contributed by atoms with Crippen molar-refractivity contribution in [1.82, 2.24) is 14.4 Å². The maximum Gasteiger partial charge on any atom is 0.243 e. The van der Waals surface area contributed by atoms with Crippen LogP contribution in [0.1, 0.15) is 5.89 Å². The number of aromatic nitrogens is 2. The van der Waals surface area contributed by atoms with Crippen LogP contribution in [0.2, 0.25) is 0 Å². The Bertz CT molecular complexity index is 1070. The summed E-state index contributed by atoms with van der Waals surface area (Å²) in [5.74, 6) is 0.924. The lowest BCUT2D eigenvalue weighted by Gasteiger charge is -2.14. The van der Waals surface area contributed by atoms with Crippen LogP contribution >= 0.6 is 0 Å². The molecule has 0 radical (unpaired) electrons. The SMILES string of the molecule is COc1ccc(-c2noc(CN(C)S(=O)(=O)c3ccc(F)cc3)n2)c(OC)c1. The summed E-state index contributed by atoms with van der Waals surface area (Å²) in [6.07, 6.45) is 0. The van der Waals surface area contributed by atoms with Gasteiger partial charge in [-0.15, -0.1) is 0 Å². The van der Waals surface area contributed by atoms with Gasteiger partial charge in [0.25, 0.3) is 0 Å². The Labute approximate surface area is 161 Å². The summed E-state index contributed by atoms with van der Waals surface area (Å²) < 4.78 is 54.9. The molecule has 0 saturated heterocycles. The second-order valence-electron chi connectivity index (χ2n) is 5.79. The average Bonchev–Trinajstić information content (AvgIpc) is 3.15. The zero-order chi connectivity index (χ0) is 20.3. The van der Waals surface area contributed by atoms with Crippen LogP contribution in [0.15, 0.2) is 51.9 Å². The van der Waals surface area contributed by atoms with Crippen molar-refractivity contribution >= 4 is 10.0 Å². The first-order chi connectivity index (χ1) is 13.3.